The molecule has 1 saturated heterocycles. The second-order valence-electron chi connectivity index (χ2n) is 6.45. The van der Waals surface area contributed by atoms with Gasteiger partial charge < -0.3 is 10.2 Å². The molecule has 0 aliphatic carbocycles. The third-order valence-corrected chi connectivity index (χ3v) is 5.93. The van der Waals surface area contributed by atoms with Crippen molar-refractivity contribution in [1.29, 1.82) is 0 Å². The Morgan fingerprint density at radius 1 is 1.24 bits per heavy atom. The third-order valence-electron chi connectivity index (χ3n) is 4.26. The zero-order chi connectivity index (χ0) is 18.8. The van der Waals surface area contributed by atoms with Crippen molar-refractivity contribution >= 4 is 44.8 Å². The maximum Gasteiger partial charge on any atom is 0.243 e. The SMILES string of the molecule is CC(C(=O)NC1CCN(C)CC1)N(c1cc(Cl)cc(Cl)c1)S(C)(=O)=O. The van der Waals surface area contributed by atoms with Crippen molar-refractivity contribution in [2.45, 2.75) is 31.8 Å². The fourth-order valence-electron chi connectivity index (χ4n) is 2.95. The van der Waals surface area contributed by atoms with Crippen LogP contribution in [0.4, 0.5) is 5.69 Å². The molecule has 0 saturated carbocycles. The molecule has 140 valence electrons. The predicted octanol–water partition coefficient (Wildman–Crippen LogP) is 2.36. The molecule has 1 aliphatic rings. The van der Waals surface area contributed by atoms with Crippen LogP contribution in [0.3, 0.4) is 0 Å². The van der Waals surface area contributed by atoms with Gasteiger partial charge in [0.2, 0.25) is 15.9 Å². The minimum Gasteiger partial charge on any atom is -0.351 e. The lowest BCUT2D eigenvalue weighted by Crippen LogP contribution is -2.52. The first-order valence-corrected chi connectivity index (χ1v) is 10.6. The van der Waals surface area contributed by atoms with Gasteiger partial charge in [0.15, 0.2) is 0 Å². The molecule has 0 aromatic heterocycles. The number of hydrogen-bond donors (Lipinski definition) is 1. The van der Waals surface area contributed by atoms with Gasteiger partial charge in [0.1, 0.15) is 6.04 Å². The Hall–Kier alpha value is -1.02. The van der Waals surface area contributed by atoms with Crippen molar-refractivity contribution in [2.75, 3.05) is 30.7 Å². The summed E-state index contributed by atoms with van der Waals surface area (Å²) in [5, 5.41) is 3.56. The molecular formula is C16H23Cl2N3O3S. The van der Waals surface area contributed by atoms with Crippen LogP contribution in [-0.4, -0.2) is 57.7 Å². The van der Waals surface area contributed by atoms with Gasteiger partial charge in [0, 0.05) is 16.1 Å². The van der Waals surface area contributed by atoms with E-state index in [2.05, 4.69) is 10.2 Å². The Bertz CT molecular complexity index is 714. The van der Waals surface area contributed by atoms with E-state index in [0.29, 0.717) is 10.0 Å². The molecule has 1 fully saturated rings. The first-order valence-electron chi connectivity index (χ1n) is 8.02. The van der Waals surface area contributed by atoms with Crippen molar-refractivity contribution in [3.05, 3.63) is 28.2 Å². The lowest BCUT2D eigenvalue weighted by molar-refractivity contribution is -0.122. The van der Waals surface area contributed by atoms with Crippen molar-refractivity contribution in [3.8, 4) is 0 Å². The van der Waals surface area contributed by atoms with Gasteiger partial charge in [-0.05, 0) is 58.1 Å². The number of benzene rings is 1. The van der Waals surface area contributed by atoms with Crippen LogP contribution in [0, 0.1) is 0 Å². The van der Waals surface area contributed by atoms with E-state index < -0.39 is 16.1 Å². The van der Waals surface area contributed by atoms with Gasteiger partial charge in [0.05, 0.1) is 11.9 Å². The highest BCUT2D eigenvalue weighted by atomic mass is 35.5. The average Bonchev–Trinajstić information content (AvgIpc) is 2.47. The molecule has 0 spiro atoms. The summed E-state index contributed by atoms with van der Waals surface area (Å²) >= 11 is 12.0. The minimum atomic E-state index is -3.70. The highest BCUT2D eigenvalue weighted by Crippen LogP contribution is 2.28. The van der Waals surface area contributed by atoms with Gasteiger partial charge in [-0.25, -0.2) is 8.42 Å². The van der Waals surface area contributed by atoms with Crippen LogP contribution in [0.2, 0.25) is 10.0 Å². The van der Waals surface area contributed by atoms with Gasteiger partial charge in [-0.1, -0.05) is 23.2 Å². The Morgan fingerprint density at radius 2 is 1.76 bits per heavy atom. The van der Waals surface area contributed by atoms with Crippen molar-refractivity contribution in [2.24, 2.45) is 0 Å². The number of halogens is 2. The molecule has 25 heavy (non-hydrogen) atoms. The summed E-state index contributed by atoms with van der Waals surface area (Å²) < 4.78 is 25.6. The largest absolute Gasteiger partial charge is 0.351 e. The second-order valence-corrected chi connectivity index (χ2v) is 9.18. The normalized spacial score (nSPS) is 18.0. The second kappa shape index (κ2) is 8.12. The summed E-state index contributed by atoms with van der Waals surface area (Å²) in [5.41, 5.74) is 0.269. The molecular weight excluding hydrogens is 385 g/mol. The number of anilines is 1. The standard InChI is InChI=1S/C16H23Cl2N3O3S/c1-11(16(22)19-14-4-6-20(2)7-5-14)21(25(3,23)24)15-9-12(17)8-13(18)10-15/h8-11,14H,4-7H2,1-3H3,(H,19,22). The quantitative estimate of drug-likeness (QED) is 0.812. The number of amides is 1. The summed E-state index contributed by atoms with van der Waals surface area (Å²) in [5.74, 6) is -0.337. The van der Waals surface area contributed by atoms with Crippen LogP contribution in [-0.2, 0) is 14.8 Å². The van der Waals surface area contributed by atoms with Crippen LogP contribution in [0.1, 0.15) is 19.8 Å². The molecule has 2 rings (SSSR count). The van der Waals surface area contributed by atoms with Crippen LogP contribution in [0.5, 0.6) is 0 Å². The Morgan fingerprint density at radius 3 is 2.24 bits per heavy atom. The first-order chi connectivity index (χ1) is 11.6. The highest BCUT2D eigenvalue weighted by Gasteiger charge is 2.31. The molecule has 1 aromatic rings. The van der Waals surface area contributed by atoms with Gasteiger partial charge in [-0.3, -0.25) is 9.10 Å². The molecule has 0 bridgehead atoms. The first kappa shape index (κ1) is 20.3. The smallest absolute Gasteiger partial charge is 0.243 e. The molecule has 1 unspecified atom stereocenters. The van der Waals surface area contributed by atoms with Crippen LogP contribution in [0.25, 0.3) is 0 Å². The summed E-state index contributed by atoms with van der Waals surface area (Å²) in [7, 11) is -1.66. The monoisotopic (exact) mass is 407 g/mol. The summed E-state index contributed by atoms with van der Waals surface area (Å²) in [6, 6.07) is 3.61. The number of rotatable bonds is 5. The van der Waals surface area contributed by atoms with Gasteiger partial charge in [-0.2, -0.15) is 0 Å². The van der Waals surface area contributed by atoms with Crippen LogP contribution < -0.4 is 9.62 Å². The zero-order valence-corrected chi connectivity index (χ0v) is 16.8. The van der Waals surface area contributed by atoms with E-state index in [0.717, 1.165) is 36.5 Å². The fraction of sp³-hybridized carbons (Fsp3) is 0.562. The number of hydrogen-bond acceptors (Lipinski definition) is 4. The molecule has 1 heterocycles. The minimum absolute atomic E-state index is 0.0514. The van der Waals surface area contributed by atoms with Crippen molar-refractivity contribution in [1.82, 2.24) is 10.2 Å². The molecule has 0 radical (unpaired) electrons. The van der Waals surface area contributed by atoms with E-state index in [4.69, 9.17) is 23.2 Å². The maximum absolute atomic E-state index is 12.6. The number of nitrogens with one attached hydrogen (secondary N) is 1. The maximum atomic E-state index is 12.6. The number of likely N-dealkylation sites (tertiary alicyclic amines) is 1. The zero-order valence-electron chi connectivity index (χ0n) is 14.5. The van der Waals surface area contributed by atoms with E-state index in [9.17, 15) is 13.2 Å². The topological polar surface area (TPSA) is 69.7 Å². The van der Waals surface area contributed by atoms with Gasteiger partial charge in [-0.15, -0.1) is 0 Å². The van der Waals surface area contributed by atoms with Gasteiger partial charge >= 0.3 is 0 Å². The number of carbonyl (C=O) groups is 1. The van der Waals surface area contributed by atoms with E-state index in [-0.39, 0.29) is 17.6 Å². The Labute approximate surface area is 159 Å². The number of sulfonamides is 1. The molecule has 1 aromatic carbocycles. The van der Waals surface area contributed by atoms with Crippen molar-refractivity contribution in [3.63, 3.8) is 0 Å². The highest BCUT2D eigenvalue weighted by molar-refractivity contribution is 7.92. The predicted molar refractivity (Wildman–Crippen MR) is 102 cm³/mol. The van der Waals surface area contributed by atoms with Crippen LogP contribution in [0.15, 0.2) is 18.2 Å². The Kier molecular flexibility index (Phi) is 6.59. The lowest BCUT2D eigenvalue weighted by atomic mass is 10.1. The molecule has 6 nitrogen and oxygen atoms in total. The molecule has 1 amide bonds. The van der Waals surface area contributed by atoms with E-state index in [1.54, 1.807) is 6.92 Å². The number of nitrogens with zero attached hydrogens (tertiary/aromatic N) is 2. The summed E-state index contributed by atoms with van der Waals surface area (Å²) in [4.78, 5) is 14.8. The molecule has 9 heteroatoms. The average molecular weight is 408 g/mol. The van der Waals surface area contributed by atoms with E-state index in [1.165, 1.54) is 18.2 Å². The number of piperidine rings is 1. The van der Waals surface area contributed by atoms with E-state index in [1.807, 2.05) is 7.05 Å². The summed E-state index contributed by atoms with van der Waals surface area (Å²) in [6.45, 7) is 3.36. The third kappa shape index (κ3) is 5.48. The molecule has 1 aliphatic heterocycles. The van der Waals surface area contributed by atoms with E-state index >= 15 is 0 Å². The summed E-state index contributed by atoms with van der Waals surface area (Å²) in [6.07, 6.45) is 2.74. The molecule has 1 atom stereocenters. The van der Waals surface area contributed by atoms with Gasteiger partial charge in [0.25, 0.3) is 0 Å². The Balaban J connectivity index is 2.21. The fourth-order valence-corrected chi connectivity index (χ4v) is 4.62. The number of carbonyl (C=O) groups excluding carboxylic acids is 1. The van der Waals surface area contributed by atoms with Crippen LogP contribution >= 0.6 is 23.2 Å². The van der Waals surface area contributed by atoms with Crippen molar-refractivity contribution < 1.29 is 13.2 Å². The lowest BCUT2D eigenvalue weighted by Gasteiger charge is -2.33. The molecule has 1 N–H and O–H groups in total.